The molecule has 2 aliphatic heterocycles. The molecule has 9 heteroatoms. The predicted molar refractivity (Wildman–Crippen MR) is 109 cm³/mol. The highest BCUT2D eigenvalue weighted by Gasteiger charge is 2.50. The molecule has 3 aliphatic rings. The Kier molecular flexibility index (Phi) is 4.83. The Labute approximate surface area is 172 Å². The van der Waals surface area contributed by atoms with E-state index in [0.29, 0.717) is 37.4 Å². The van der Waals surface area contributed by atoms with E-state index < -0.39 is 22.8 Å². The highest BCUT2D eigenvalue weighted by atomic mass is 35.5. The van der Waals surface area contributed by atoms with Gasteiger partial charge >= 0.3 is 5.97 Å². The van der Waals surface area contributed by atoms with Crippen molar-refractivity contribution in [1.82, 2.24) is 4.57 Å². The molecule has 2 unspecified atom stereocenters. The third-order valence-corrected chi connectivity index (χ3v) is 6.46. The first-order valence-electron chi connectivity index (χ1n) is 9.64. The van der Waals surface area contributed by atoms with Crippen molar-refractivity contribution in [2.75, 3.05) is 31.1 Å². The number of hydrogen-bond acceptors (Lipinski definition) is 5. The van der Waals surface area contributed by atoms with E-state index in [0.717, 1.165) is 19.3 Å². The van der Waals surface area contributed by atoms with Crippen LogP contribution in [0.5, 0.6) is 0 Å². The molecule has 0 spiro atoms. The lowest BCUT2D eigenvalue weighted by Crippen LogP contribution is -2.44. The molecule has 1 aliphatic carbocycles. The average Bonchev–Trinajstić information content (AvgIpc) is 3.33. The number of halogens is 2. The average molecular weight is 424 g/mol. The fraction of sp³-hybridized carbons (Fsp3) is 0.500. The van der Waals surface area contributed by atoms with Crippen molar-refractivity contribution < 1.29 is 19.0 Å². The van der Waals surface area contributed by atoms with Gasteiger partial charge in [-0.3, -0.25) is 4.79 Å². The maximum absolute atomic E-state index is 15.0. The van der Waals surface area contributed by atoms with Crippen LogP contribution in [0, 0.1) is 11.7 Å². The number of benzene rings is 1. The lowest BCUT2D eigenvalue weighted by Gasteiger charge is -2.27. The molecule has 0 radical (unpaired) electrons. The summed E-state index contributed by atoms with van der Waals surface area (Å²) in [5, 5.41) is 9.46. The van der Waals surface area contributed by atoms with Gasteiger partial charge in [-0.15, -0.1) is 12.4 Å². The van der Waals surface area contributed by atoms with E-state index in [4.69, 9.17) is 10.5 Å². The summed E-state index contributed by atoms with van der Waals surface area (Å²) in [6.07, 6.45) is 4.13. The zero-order valence-electron chi connectivity index (χ0n) is 15.8. The summed E-state index contributed by atoms with van der Waals surface area (Å²) in [7, 11) is 0. The molecule has 3 heterocycles. The molecule has 2 atom stereocenters. The standard InChI is InChI=1S/C20H22FN3O4.ClH/c21-15-5-13-16(24(12-1-2-12)8-14(18(13)25)19(26)27)6-17(15)23-7-11-3-4-28-20(11,9-22)10-23;/h5-6,8,11-12H,1-4,7,9-10,22H2,(H,26,27);1H. The number of rotatable bonds is 4. The summed E-state index contributed by atoms with van der Waals surface area (Å²) in [6.45, 7) is 2.23. The highest BCUT2D eigenvalue weighted by Crippen LogP contribution is 2.42. The third kappa shape index (κ3) is 3.01. The van der Waals surface area contributed by atoms with E-state index in [1.54, 1.807) is 6.07 Å². The number of hydrogen-bond donors (Lipinski definition) is 2. The monoisotopic (exact) mass is 423 g/mol. The number of aromatic carboxylic acids is 1. The molecule has 1 saturated carbocycles. The van der Waals surface area contributed by atoms with Gasteiger partial charge in [0.2, 0.25) is 5.43 Å². The molecule has 5 rings (SSSR count). The van der Waals surface area contributed by atoms with Crippen molar-refractivity contribution in [3.05, 3.63) is 39.9 Å². The molecular weight excluding hydrogens is 401 g/mol. The molecule has 0 amide bonds. The van der Waals surface area contributed by atoms with Crippen molar-refractivity contribution in [2.45, 2.75) is 30.9 Å². The number of aromatic nitrogens is 1. The molecule has 2 aromatic rings. The van der Waals surface area contributed by atoms with Crippen molar-refractivity contribution >= 4 is 35.0 Å². The second-order valence-corrected chi connectivity index (χ2v) is 8.12. The van der Waals surface area contributed by atoms with Gasteiger partial charge in [-0.2, -0.15) is 0 Å². The maximum Gasteiger partial charge on any atom is 0.341 e. The van der Waals surface area contributed by atoms with Gasteiger partial charge < -0.3 is 25.0 Å². The molecule has 3 N–H and O–H groups in total. The molecule has 7 nitrogen and oxygen atoms in total. The van der Waals surface area contributed by atoms with Crippen LogP contribution in [0.4, 0.5) is 10.1 Å². The quantitative estimate of drug-likeness (QED) is 0.782. The summed E-state index contributed by atoms with van der Waals surface area (Å²) in [5.74, 6) is -1.56. The van der Waals surface area contributed by atoms with Gasteiger partial charge in [-0.1, -0.05) is 0 Å². The summed E-state index contributed by atoms with van der Waals surface area (Å²) >= 11 is 0. The zero-order valence-corrected chi connectivity index (χ0v) is 16.6. The molecule has 0 bridgehead atoms. The van der Waals surface area contributed by atoms with Crippen molar-refractivity contribution in [3.63, 3.8) is 0 Å². The normalized spacial score (nSPS) is 25.9. The van der Waals surface area contributed by atoms with Crippen LogP contribution in [0.25, 0.3) is 10.9 Å². The minimum absolute atomic E-state index is 0. The lowest BCUT2D eigenvalue weighted by molar-refractivity contribution is 0.0126. The van der Waals surface area contributed by atoms with E-state index >= 15 is 4.39 Å². The van der Waals surface area contributed by atoms with Gasteiger partial charge in [0.15, 0.2) is 0 Å². The SMILES string of the molecule is Cl.NCC12CN(c3cc4c(cc3F)c(=O)c(C(=O)O)cn4C3CC3)CC1CCO2. The minimum Gasteiger partial charge on any atom is -0.477 e. The smallest absolute Gasteiger partial charge is 0.341 e. The topological polar surface area (TPSA) is 97.8 Å². The number of pyridine rings is 1. The lowest BCUT2D eigenvalue weighted by atomic mass is 9.91. The fourth-order valence-electron chi connectivity index (χ4n) is 4.75. The first-order chi connectivity index (χ1) is 13.4. The van der Waals surface area contributed by atoms with Gasteiger partial charge in [-0.25, -0.2) is 9.18 Å². The van der Waals surface area contributed by atoms with Crippen LogP contribution in [-0.2, 0) is 4.74 Å². The van der Waals surface area contributed by atoms with Crippen molar-refractivity contribution in [3.8, 4) is 0 Å². The number of anilines is 1. The molecule has 3 fully saturated rings. The summed E-state index contributed by atoms with van der Waals surface area (Å²) in [4.78, 5) is 26.0. The molecule has 29 heavy (non-hydrogen) atoms. The van der Waals surface area contributed by atoms with Crippen LogP contribution in [0.3, 0.4) is 0 Å². The third-order valence-electron chi connectivity index (χ3n) is 6.46. The summed E-state index contributed by atoms with van der Waals surface area (Å²) in [5.41, 5.74) is 5.55. The number of fused-ring (bicyclic) bond motifs is 2. The molecule has 156 valence electrons. The van der Waals surface area contributed by atoms with Crippen LogP contribution in [0.1, 0.15) is 35.7 Å². The number of nitrogens with two attached hydrogens (primary N) is 1. The Balaban J connectivity index is 0.00000205. The zero-order chi connectivity index (χ0) is 19.6. The molecular formula is C20H23ClFN3O4. The van der Waals surface area contributed by atoms with Crippen LogP contribution < -0.4 is 16.1 Å². The number of carboxylic acids is 1. The van der Waals surface area contributed by atoms with Crippen molar-refractivity contribution in [2.24, 2.45) is 11.7 Å². The van der Waals surface area contributed by atoms with Gasteiger partial charge in [0.1, 0.15) is 17.0 Å². The Bertz CT molecular complexity index is 1050. The van der Waals surface area contributed by atoms with Crippen LogP contribution in [-0.4, -0.2) is 47.5 Å². The summed E-state index contributed by atoms with van der Waals surface area (Å²) in [6, 6.07) is 3.01. The first kappa shape index (κ1) is 20.1. The van der Waals surface area contributed by atoms with Gasteiger partial charge in [0.05, 0.1) is 11.2 Å². The van der Waals surface area contributed by atoms with E-state index in [1.165, 1.54) is 12.3 Å². The number of nitrogens with zero attached hydrogens (tertiary/aromatic N) is 2. The minimum atomic E-state index is -1.29. The number of ether oxygens (including phenoxy) is 1. The first-order valence-corrected chi connectivity index (χ1v) is 9.64. The Hall–Kier alpha value is -2.16. The molecule has 1 aromatic heterocycles. The van der Waals surface area contributed by atoms with Crippen LogP contribution >= 0.6 is 12.4 Å². The molecule has 1 aromatic carbocycles. The second kappa shape index (κ2) is 6.97. The fourth-order valence-corrected chi connectivity index (χ4v) is 4.75. The number of carbonyl (C=O) groups is 1. The summed E-state index contributed by atoms with van der Waals surface area (Å²) < 4.78 is 22.8. The maximum atomic E-state index is 15.0. The van der Waals surface area contributed by atoms with E-state index in [2.05, 4.69) is 0 Å². The Morgan fingerprint density at radius 2 is 2.10 bits per heavy atom. The van der Waals surface area contributed by atoms with Crippen molar-refractivity contribution in [1.29, 1.82) is 0 Å². The Morgan fingerprint density at radius 1 is 1.34 bits per heavy atom. The van der Waals surface area contributed by atoms with Gasteiger partial charge in [0.25, 0.3) is 0 Å². The van der Waals surface area contributed by atoms with Crippen LogP contribution in [0.15, 0.2) is 23.1 Å². The second-order valence-electron chi connectivity index (χ2n) is 8.12. The largest absolute Gasteiger partial charge is 0.477 e. The Morgan fingerprint density at radius 3 is 2.72 bits per heavy atom. The van der Waals surface area contributed by atoms with Gasteiger partial charge in [0, 0.05) is 49.8 Å². The number of carboxylic acid groups (broad SMARTS) is 1. The van der Waals surface area contributed by atoms with E-state index in [9.17, 15) is 14.7 Å². The van der Waals surface area contributed by atoms with E-state index in [-0.39, 0.29) is 35.3 Å². The van der Waals surface area contributed by atoms with Gasteiger partial charge in [-0.05, 0) is 31.4 Å². The predicted octanol–water partition coefficient (Wildman–Crippen LogP) is 2.15. The molecule has 2 saturated heterocycles. The highest BCUT2D eigenvalue weighted by molar-refractivity contribution is 5.93. The van der Waals surface area contributed by atoms with E-state index in [1.807, 2.05) is 9.47 Å². The van der Waals surface area contributed by atoms with Crippen LogP contribution in [0.2, 0.25) is 0 Å².